The second-order valence-electron chi connectivity index (χ2n) is 6.60. The van der Waals surface area contributed by atoms with Crippen LogP contribution in [0.4, 0.5) is 0 Å². The molecule has 0 aliphatic heterocycles. The predicted octanol–water partition coefficient (Wildman–Crippen LogP) is 6.00. The lowest BCUT2D eigenvalue weighted by atomic mass is 10.2. The van der Waals surface area contributed by atoms with Crippen molar-refractivity contribution in [2.24, 2.45) is 0 Å². The molecule has 0 amide bonds. The molecule has 0 saturated heterocycles. The summed E-state index contributed by atoms with van der Waals surface area (Å²) in [4.78, 5) is 0. The highest BCUT2D eigenvalue weighted by Crippen LogP contribution is 2.59. The first-order valence-corrected chi connectivity index (χ1v) is 11.0. The minimum absolute atomic E-state index is 0.456. The van der Waals surface area contributed by atoms with Crippen LogP contribution in [0.3, 0.4) is 0 Å². The van der Waals surface area contributed by atoms with Gasteiger partial charge < -0.3 is 0 Å². The third-order valence-electron chi connectivity index (χ3n) is 4.68. The average molecular weight is 388 g/mol. The van der Waals surface area contributed by atoms with Crippen LogP contribution in [0.5, 0.6) is 0 Å². The fourth-order valence-electron chi connectivity index (χ4n) is 3.47. The van der Waals surface area contributed by atoms with Crippen LogP contribution in [-0.2, 0) is 0 Å². The van der Waals surface area contributed by atoms with Crippen molar-refractivity contribution >= 4 is 46.4 Å². The molecule has 3 aromatic rings. The monoisotopic (exact) mass is 387 g/mol. The maximum atomic E-state index is 6.17. The summed E-state index contributed by atoms with van der Waals surface area (Å²) < 4.78 is 0. The molecule has 0 aliphatic carbocycles. The molecule has 0 aliphatic rings. The number of aryl methyl sites for hydroxylation is 1. The Morgan fingerprint density at radius 3 is 1.24 bits per heavy atom. The Hall–Kier alpha value is -1.33. The molecule has 0 spiro atoms. The Morgan fingerprint density at radius 1 is 0.600 bits per heavy atom. The summed E-state index contributed by atoms with van der Waals surface area (Å²) in [5.74, 6) is 0. The van der Waals surface area contributed by atoms with E-state index in [0.29, 0.717) is 5.66 Å². The van der Waals surface area contributed by atoms with Crippen molar-refractivity contribution in [2.45, 2.75) is 26.4 Å². The molecule has 0 unspecified atom stereocenters. The van der Waals surface area contributed by atoms with Gasteiger partial charge in [-0.15, -0.1) is 0 Å². The minimum Gasteiger partial charge on any atom is -0.0843 e. The molecule has 0 bridgehead atoms. The fraction of sp³-hybridized carbons (Fsp3) is 0.182. The smallest absolute Gasteiger partial charge is 0.0843 e. The van der Waals surface area contributed by atoms with Crippen molar-refractivity contribution in [3.05, 3.63) is 88.4 Å². The van der Waals surface area contributed by atoms with E-state index in [-0.39, 0.29) is 0 Å². The molecule has 3 heteroatoms. The summed E-state index contributed by atoms with van der Waals surface area (Å²) in [7, 11) is -1.80. The van der Waals surface area contributed by atoms with Gasteiger partial charge >= 0.3 is 0 Å². The SMILES string of the molecule is Cc1ccc([P+](c2ccc(Cl)cc2)(c2ccc(Cl)cc2)C(C)C)cc1. The van der Waals surface area contributed by atoms with Crippen molar-refractivity contribution in [1.29, 1.82) is 0 Å². The Bertz CT molecular complexity index is 724. The molecule has 0 saturated carbocycles. The van der Waals surface area contributed by atoms with Gasteiger partial charge in [-0.05, 0) is 81.4 Å². The van der Waals surface area contributed by atoms with Gasteiger partial charge in [-0.25, -0.2) is 0 Å². The number of hydrogen-bond acceptors (Lipinski definition) is 0. The van der Waals surface area contributed by atoms with Gasteiger partial charge in [0.2, 0.25) is 0 Å². The largest absolute Gasteiger partial charge is 0.114 e. The maximum Gasteiger partial charge on any atom is 0.114 e. The minimum atomic E-state index is -1.80. The Balaban J connectivity index is 2.33. The Kier molecular flexibility index (Phi) is 5.54. The summed E-state index contributed by atoms with van der Waals surface area (Å²) in [6, 6.07) is 25.7. The second-order valence-corrected chi connectivity index (χ2v) is 11.5. The van der Waals surface area contributed by atoms with E-state index in [0.717, 1.165) is 10.0 Å². The van der Waals surface area contributed by atoms with Gasteiger partial charge in [-0.2, -0.15) is 0 Å². The first-order valence-electron chi connectivity index (χ1n) is 8.43. The van der Waals surface area contributed by atoms with Crippen LogP contribution in [0.1, 0.15) is 19.4 Å². The molecule has 0 nitrogen and oxygen atoms in total. The third kappa shape index (κ3) is 3.49. The van der Waals surface area contributed by atoms with Crippen molar-refractivity contribution in [3.8, 4) is 0 Å². The zero-order valence-electron chi connectivity index (χ0n) is 14.7. The van der Waals surface area contributed by atoms with Crippen LogP contribution < -0.4 is 15.9 Å². The summed E-state index contributed by atoms with van der Waals surface area (Å²) in [5, 5.41) is 5.62. The highest BCUT2D eigenvalue weighted by atomic mass is 35.5. The average Bonchev–Trinajstić information content (AvgIpc) is 2.60. The van der Waals surface area contributed by atoms with Crippen molar-refractivity contribution < 1.29 is 0 Å². The van der Waals surface area contributed by atoms with E-state index in [1.54, 1.807) is 0 Å². The Morgan fingerprint density at radius 2 is 0.920 bits per heavy atom. The lowest BCUT2D eigenvalue weighted by molar-refractivity contribution is 1.09. The summed E-state index contributed by atoms with van der Waals surface area (Å²) in [5.41, 5.74) is 1.73. The van der Waals surface area contributed by atoms with Crippen LogP contribution in [0.15, 0.2) is 72.8 Å². The predicted molar refractivity (Wildman–Crippen MR) is 115 cm³/mol. The second kappa shape index (κ2) is 7.50. The summed E-state index contributed by atoms with van der Waals surface area (Å²) >= 11 is 12.3. The van der Waals surface area contributed by atoms with E-state index >= 15 is 0 Å². The van der Waals surface area contributed by atoms with Crippen molar-refractivity contribution in [2.75, 3.05) is 0 Å². The maximum absolute atomic E-state index is 6.17. The van der Waals surface area contributed by atoms with Gasteiger partial charge in [0.15, 0.2) is 0 Å². The zero-order valence-corrected chi connectivity index (χ0v) is 17.1. The normalized spacial score (nSPS) is 11.8. The standard InChI is InChI=1S/C22H22Cl2P/c1-16(2)25(20-10-4-17(3)5-11-20,21-12-6-18(23)7-13-21)22-14-8-19(24)9-15-22/h4-16H,1-3H3/q+1. The van der Waals surface area contributed by atoms with Crippen LogP contribution in [0.25, 0.3) is 0 Å². The lowest BCUT2D eigenvalue weighted by Gasteiger charge is -2.31. The molecule has 0 heterocycles. The van der Waals surface area contributed by atoms with Gasteiger partial charge in [0.25, 0.3) is 0 Å². The van der Waals surface area contributed by atoms with Gasteiger partial charge in [0.1, 0.15) is 23.2 Å². The van der Waals surface area contributed by atoms with Crippen molar-refractivity contribution in [1.82, 2.24) is 0 Å². The quantitative estimate of drug-likeness (QED) is 0.481. The molecular weight excluding hydrogens is 366 g/mol. The lowest BCUT2D eigenvalue weighted by Crippen LogP contribution is -2.36. The molecule has 0 fully saturated rings. The van der Waals surface area contributed by atoms with E-state index in [1.807, 2.05) is 24.3 Å². The van der Waals surface area contributed by atoms with E-state index in [1.165, 1.54) is 21.5 Å². The highest BCUT2D eigenvalue weighted by Gasteiger charge is 2.48. The molecule has 3 rings (SSSR count). The molecule has 0 N–H and O–H groups in total. The molecule has 25 heavy (non-hydrogen) atoms. The summed E-state index contributed by atoms with van der Waals surface area (Å²) in [6.45, 7) is 6.76. The third-order valence-corrected chi connectivity index (χ3v) is 10.1. The molecule has 128 valence electrons. The van der Waals surface area contributed by atoms with E-state index < -0.39 is 7.26 Å². The van der Waals surface area contributed by atoms with Gasteiger partial charge in [-0.3, -0.25) is 0 Å². The zero-order chi connectivity index (χ0) is 18.0. The molecular formula is C22H22Cl2P+. The van der Waals surface area contributed by atoms with E-state index in [4.69, 9.17) is 23.2 Å². The van der Waals surface area contributed by atoms with E-state index in [2.05, 4.69) is 69.3 Å². The number of benzene rings is 3. The number of rotatable bonds is 4. The van der Waals surface area contributed by atoms with Crippen molar-refractivity contribution in [3.63, 3.8) is 0 Å². The molecule has 0 radical (unpaired) electrons. The first-order chi connectivity index (χ1) is 11.9. The number of halogens is 2. The number of hydrogen-bond donors (Lipinski definition) is 0. The van der Waals surface area contributed by atoms with Crippen LogP contribution in [0.2, 0.25) is 10.0 Å². The fourth-order valence-corrected chi connectivity index (χ4v) is 8.27. The molecule has 0 atom stereocenters. The highest BCUT2D eigenvalue weighted by molar-refractivity contribution is 7.96. The topological polar surface area (TPSA) is 0 Å². The molecule has 0 aromatic heterocycles. The Labute approximate surface area is 161 Å². The van der Waals surface area contributed by atoms with Gasteiger partial charge in [0.05, 0.1) is 5.66 Å². The van der Waals surface area contributed by atoms with Crippen LogP contribution in [0, 0.1) is 6.92 Å². The summed E-state index contributed by atoms with van der Waals surface area (Å²) in [6.07, 6.45) is 0. The van der Waals surface area contributed by atoms with E-state index in [9.17, 15) is 0 Å². The first kappa shape index (κ1) is 18.5. The van der Waals surface area contributed by atoms with Crippen LogP contribution in [-0.4, -0.2) is 5.66 Å². The van der Waals surface area contributed by atoms with Crippen LogP contribution >= 0.6 is 30.5 Å². The molecule has 3 aromatic carbocycles. The van der Waals surface area contributed by atoms with Gasteiger partial charge in [0, 0.05) is 10.0 Å². The van der Waals surface area contributed by atoms with Gasteiger partial charge in [-0.1, -0.05) is 40.9 Å².